The quantitative estimate of drug-likeness (QED) is 0.854. The standard InChI is InChI=1S/C18H24FN5O/c1-13(18-20-21-22-24(18)14-6-3-2-4-7-14)23-10-11-25-17-9-5-8-16(19)15(17)12-23/h5,8-9,13-14H,2-4,6-7,10-12H2,1H3. The maximum Gasteiger partial charge on any atom is 0.168 e. The van der Waals surface area contributed by atoms with Crippen LogP contribution >= 0.6 is 0 Å². The molecule has 1 fully saturated rings. The lowest BCUT2D eigenvalue weighted by Gasteiger charge is -2.29. The zero-order valence-corrected chi connectivity index (χ0v) is 14.6. The van der Waals surface area contributed by atoms with Crippen molar-refractivity contribution < 1.29 is 9.13 Å². The highest BCUT2D eigenvalue weighted by Gasteiger charge is 2.29. The summed E-state index contributed by atoms with van der Waals surface area (Å²) in [5.41, 5.74) is 0.614. The molecule has 1 aliphatic carbocycles. The fraction of sp³-hybridized carbons (Fsp3) is 0.611. The van der Waals surface area contributed by atoms with Gasteiger partial charge in [0.2, 0.25) is 0 Å². The van der Waals surface area contributed by atoms with E-state index in [9.17, 15) is 4.39 Å². The van der Waals surface area contributed by atoms with Crippen LogP contribution in [0.3, 0.4) is 0 Å². The van der Waals surface area contributed by atoms with Crippen molar-refractivity contribution in [3.8, 4) is 5.75 Å². The molecule has 0 saturated heterocycles. The molecule has 0 N–H and O–H groups in total. The second-order valence-corrected chi connectivity index (χ2v) is 6.98. The smallest absolute Gasteiger partial charge is 0.168 e. The van der Waals surface area contributed by atoms with E-state index in [1.165, 1.54) is 25.3 Å². The Labute approximate surface area is 147 Å². The summed E-state index contributed by atoms with van der Waals surface area (Å²) < 4.78 is 22.0. The predicted octanol–water partition coefficient (Wildman–Crippen LogP) is 3.27. The first-order valence-corrected chi connectivity index (χ1v) is 9.16. The molecule has 2 aliphatic rings. The highest BCUT2D eigenvalue weighted by Crippen LogP contribution is 2.32. The molecule has 0 bridgehead atoms. The van der Waals surface area contributed by atoms with E-state index < -0.39 is 0 Å². The lowest BCUT2D eigenvalue weighted by molar-refractivity contribution is 0.164. The van der Waals surface area contributed by atoms with Crippen molar-refractivity contribution in [1.82, 2.24) is 25.1 Å². The van der Waals surface area contributed by atoms with E-state index in [0.29, 0.717) is 37.1 Å². The number of halogens is 1. The Morgan fingerprint density at radius 1 is 1.24 bits per heavy atom. The van der Waals surface area contributed by atoms with Gasteiger partial charge in [0, 0.05) is 18.7 Å². The highest BCUT2D eigenvalue weighted by atomic mass is 19.1. The van der Waals surface area contributed by atoms with Gasteiger partial charge in [-0.15, -0.1) is 5.10 Å². The number of ether oxygens (including phenoxy) is 1. The van der Waals surface area contributed by atoms with Crippen molar-refractivity contribution in [3.63, 3.8) is 0 Å². The zero-order valence-electron chi connectivity index (χ0n) is 14.6. The van der Waals surface area contributed by atoms with E-state index in [1.807, 2.05) is 10.7 Å². The van der Waals surface area contributed by atoms with Crippen LogP contribution in [0.2, 0.25) is 0 Å². The predicted molar refractivity (Wildman–Crippen MR) is 90.7 cm³/mol. The van der Waals surface area contributed by atoms with Crippen molar-refractivity contribution in [2.75, 3.05) is 13.2 Å². The first-order valence-electron chi connectivity index (χ1n) is 9.16. The molecular formula is C18H24FN5O. The van der Waals surface area contributed by atoms with Crippen LogP contribution < -0.4 is 4.74 Å². The van der Waals surface area contributed by atoms with Gasteiger partial charge in [-0.1, -0.05) is 25.3 Å². The molecule has 4 rings (SSSR count). The summed E-state index contributed by atoms with van der Waals surface area (Å²) in [6.45, 7) is 3.84. The van der Waals surface area contributed by atoms with Crippen molar-refractivity contribution in [2.45, 2.75) is 57.7 Å². The molecule has 1 unspecified atom stereocenters. The van der Waals surface area contributed by atoms with Gasteiger partial charge in [0.05, 0.1) is 12.1 Å². The molecule has 6 nitrogen and oxygen atoms in total. The number of nitrogens with zero attached hydrogens (tertiary/aromatic N) is 5. The van der Waals surface area contributed by atoms with Crippen LogP contribution in [0.5, 0.6) is 5.75 Å². The maximum atomic E-state index is 14.2. The molecule has 1 aliphatic heterocycles. The van der Waals surface area contributed by atoms with Crippen molar-refractivity contribution in [3.05, 3.63) is 35.4 Å². The molecule has 1 atom stereocenters. The highest BCUT2D eigenvalue weighted by molar-refractivity contribution is 5.35. The maximum absolute atomic E-state index is 14.2. The van der Waals surface area contributed by atoms with Gasteiger partial charge in [0.25, 0.3) is 0 Å². The lowest BCUT2D eigenvalue weighted by Crippen LogP contribution is -2.32. The molecule has 1 aromatic heterocycles. The molecule has 0 radical (unpaired) electrons. The second-order valence-electron chi connectivity index (χ2n) is 6.98. The third-order valence-corrected chi connectivity index (χ3v) is 5.43. The average Bonchev–Trinajstić information content (AvgIpc) is 3.02. The summed E-state index contributed by atoms with van der Waals surface area (Å²) >= 11 is 0. The number of hydrogen-bond donors (Lipinski definition) is 0. The molecule has 2 heterocycles. The van der Waals surface area contributed by atoms with Gasteiger partial charge in [-0.3, -0.25) is 4.90 Å². The zero-order chi connectivity index (χ0) is 17.2. The van der Waals surface area contributed by atoms with Crippen LogP contribution in [0.4, 0.5) is 4.39 Å². The fourth-order valence-corrected chi connectivity index (χ4v) is 3.94. The van der Waals surface area contributed by atoms with Crippen LogP contribution in [0, 0.1) is 5.82 Å². The van der Waals surface area contributed by atoms with Gasteiger partial charge in [0.1, 0.15) is 18.2 Å². The largest absolute Gasteiger partial charge is 0.492 e. The normalized spacial score (nSPS) is 20.6. The van der Waals surface area contributed by atoms with E-state index in [2.05, 4.69) is 27.3 Å². The Balaban J connectivity index is 1.58. The summed E-state index contributed by atoms with van der Waals surface area (Å²) in [7, 11) is 0. The Bertz CT molecular complexity index is 728. The van der Waals surface area contributed by atoms with Crippen LogP contribution in [0.15, 0.2) is 18.2 Å². The molecule has 1 aromatic carbocycles. The number of hydrogen-bond acceptors (Lipinski definition) is 5. The summed E-state index contributed by atoms with van der Waals surface area (Å²) in [5, 5.41) is 12.5. The summed E-state index contributed by atoms with van der Waals surface area (Å²) in [6, 6.07) is 5.40. The number of aromatic nitrogens is 4. The third kappa shape index (κ3) is 3.25. The van der Waals surface area contributed by atoms with Crippen LogP contribution in [-0.2, 0) is 6.54 Å². The fourth-order valence-electron chi connectivity index (χ4n) is 3.94. The summed E-state index contributed by atoms with van der Waals surface area (Å²) in [5.74, 6) is 1.29. The summed E-state index contributed by atoms with van der Waals surface area (Å²) in [6.07, 6.45) is 6.02. The van der Waals surface area contributed by atoms with Gasteiger partial charge >= 0.3 is 0 Å². The van der Waals surface area contributed by atoms with Crippen LogP contribution in [-0.4, -0.2) is 38.3 Å². The molecule has 134 valence electrons. The Morgan fingerprint density at radius 3 is 2.92 bits per heavy atom. The van der Waals surface area contributed by atoms with Crippen LogP contribution in [0.25, 0.3) is 0 Å². The topological polar surface area (TPSA) is 56.1 Å². The van der Waals surface area contributed by atoms with Crippen molar-refractivity contribution >= 4 is 0 Å². The minimum atomic E-state index is -0.219. The van der Waals surface area contributed by atoms with Gasteiger partial charge in [0.15, 0.2) is 5.82 Å². The second kappa shape index (κ2) is 7.07. The number of benzene rings is 1. The minimum absolute atomic E-state index is 0.00563. The molecule has 25 heavy (non-hydrogen) atoms. The third-order valence-electron chi connectivity index (χ3n) is 5.43. The Kier molecular flexibility index (Phi) is 4.65. The monoisotopic (exact) mass is 345 g/mol. The number of rotatable bonds is 3. The van der Waals surface area contributed by atoms with E-state index in [4.69, 9.17) is 4.74 Å². The molecule has 2 aromatic rings. The number of tetrazole rings is 1. The lowest BCUT2D eigenvalue weighted by atomic mass is 9.95. The van der Waals surface area contributed by atoms with Gasteiger partial charge in [-0.25, -0.2) is 9.07 Å². The molecule has 7 heteroatoms. The van der Waals surface area contributed by atoms with Gasteiger partial charge in [-0.05, 0) is 42.3 Å². The van der Waals surface area contributed by atoms with Gasteiger partial charge < -0.3 is 4.74 Å². The Hall–Kier alpha value is -2.02. The van der Waals surface area contributed by atoms with Gasteiger partial charge in [-0.2, -0.15) is 0 Å². The van der Waals surface area contributed by atoms with E-state index in [1.54, 1.807) is 6.07 Å². The van der Waals surface area contributed by atoms with Crippen molar-refractivity contribution in [1.29, 1.82) is 0 Å². The number of fused-ring (bicyclic) bond motifs is 1. The average molecular weight is 345 g/mol. The Morgan fingerprint density at radius 2 is 2.08 bits per heavy atom. The van der Waals surface area contributed by atoms with E-state index in [-0.39, 0.29) is 11.9 Å². The SMILES string of the molecule is CC(c1nnnn1C1CCCCC1)N1CCOc2cccc(F)c2C1. The minimum Gasteiger partial charge on any atom is -0.492 e. The molecule has 0 spiro atoms. The molecule has 1 saturated carbocycles. The molecule has 0 amide bonds. The van der Waals surface area contributed by atoms with E-state index in [0.717, 1.165) is 18.7 Å². The molecular weight excluding hydrogens is 321 g/mol. The van der Waals surface area contributed by atoms with Crippen molar-refractivity contribution in [2.24, 2.45) is 0 Å². The first kappa shape index (κ1) is 16.4. The first-order chi connectivity index (χ1) is 12.2. The van der Waals surface area contributed by atoms with Crippen LogP contribution in [0.1, 0.15) is 62.5 Å². The summed E-state index contributed by atoms with van der Waals surface area (Å²) in [4.78, 5) is 2.19. The van der Waals surface area contributed by atoms with E-state index >= 15 is 0 Å².